The van der Waals surface area contributed by atoms with E-state index in [1.807, 2.05) is 48.0 Å². The van der Waals surface area contributed by atoms with E-state index in [1.54, 1.807) is 6.07 Å². The van der Waals surface area contributed by atoms with E-state index in [0.717, 1.165) is 37.4 Å². The van der Waals surface area contributed by atoms with Crippen LogP contribution in [-0.2, 0) is 0 Å². The van der Waals surface area contributed by atoms with Gasteiger partial charge < -0.3 is 10.6 Å². The van der Waals surface area contributed by atoms with Gasteiger partial charge in [-0.1, -0.05) is 23.8 Å². The van der Waals surface area contributed by atoms with Gasteiger partial charge in [0.05, 0.1) is 16.9 Å². The van der Waals surface area contributed by atoms with Crippen LogP contribution < -0.4 is 10.6 Å². The van der Waals surface area contributed by atoms with Crippen molar-refractivity contribution in [1.82, 2.24) is 9.78 Å². The van der Waals surface area contributed by atoms with Crippen molar-refractivity contribution < 1.29 is 4.39 Å². The molecule has 1 fully saturated rings. The highest BCUT2D eigenvalue weighted by Crippen LogP contribution is 2.30. The Kier molecular flexibility index (Phi) is 4.84. The molecule has 0 bridgehead atoms. The van der Waals surface area contributed by atoms with E-state index in [2.05, 4.69) is 4.90 Å². The molecule has 1 aliphatic heterocycles. The van der Waals surface area contributed by atoms with Gasteiger partial charge in [0.1, 0.15) is 17.7 Å². The summed E-state index contributed by atoms with van der Waals surface area (Å²) in [5, 5.41) is 13.7. The third-order valence-corrected chi connectivity index (χ3v) is 5.22. The predicted molar refractivity (Wildman–Crippen MR) is 108 cm³/mol. The molecule has 28 heavy (non-hydrogen) atoms. The zero-order valence-electron chi connectivity index (χ0n) is 15.8. The van der Waals surface area contributed by atoms with Crippen molar-refractivity contribution in [2.24, 2.45) is 5.73 Å². The summed E-state index contributed by atoms with van der Waals surface area (Å²) in [5.74, 6) is 0.436. The Morgan fingerprint density at radius 3 is 2.46 bits per heavy atom. The number of piperidine rings is 1. The van der Waals surface area contributed by atoms with Gasteiger partial charge in [0, 0.05) is 30.8 Å². The van der Waals surface area contributed by atoms with Crippen molar-refractivity contribution in [3.8, 4) is 23.0 Å². The minimum absolute atomic E-state index is 0.0342. The highest BCUT2D eigenvalue weighted by molar-refractivity contribution is 5.66. The zero-order chi connectivity index (χ0) is 19.7. The van der Waals surface area contributed by atoms with Crippen LogP contribution in [0.5, 0.6) is 0 Å². The lowest BCUT2D eigenvalue weighted by Gasteiger charge is -2.31. The van der Waals surface area contributed by atoms with E-state index >= 15 is 0 Å². The number of hydrogen-bond acceptors (Lipinski definition) is 4. The molecule has 4 rings (SSSR count). The van der Waals surface area contributed by atoms with E-state index in [9.17, 15) is 4.39 Å². The van der Waals surface area contributed by atoms with Gasteiger partial charge in [0.25, 0.3) is 0 Å². The second-order valence-corrected chi connectivity index (χ2v) is 7.27. The van der Waals surface area contributed by atoms with Gasteiger partial charge in [-0.05, 0) is 44.0 Å². The highest BCUT2D eigenvalue weighted by atomic mass is 19.1. The van der Waals surface area contributed by atoms with Crippen LogP contribution in [-0.4, -0.2) is 28.9 Å². The molecule has 0 radical (unpaired) electrons. The van der Waals surface area contributed by atoms with Crippen LogP contribution in [0.4, 0.5) is 10.2 Å². The Morgan fingerprint density at radius 1 is 1.11 bits per heavy atom. The molecule has 1 aliphatic rings. The Bertz CT molecular complexity index is 1020. The van der Waals surface area contributed by atoms with Gasteiger partial charge in [0.15, 0.2) is 0 Å². The quantitative estimate of drug-likeness (QED) is 0.756. The summed E-state index contributed by atoms with van der Waals surface area (Å²) in [6.07, 6.45) is 1.86. The van der Waals surface area contributed by atoms with E-state index in [4.69, 9.17) is 16.1 Å². The first-order valence-electron chi connectivity index (χ1n) is 9.43. The number of benzene rings is 2. The fourth-order valence-corrected chi connectivity index (χ4v) is 3.51. The van der Waals surface area contributed by atoms with Crippen LogP contribution >= 0.6 is 0 Å². The second kappa shape index (κ2) is 7.45. The number of nitrogens with two attached hydrogens (primary N) is 1. The highest BCUT2D eigenvalue weighted by Gasteiger charge is 2.22. The van der Waals surface area contributed by atoms with Gasteiger partial charge in [-0.25, -0.2) is 9.07 Å². The van der Waals surface area contributed by atoms with Gasteiger partial charge in [0.2, 0.25) is 0 Å². The summed E-state index contributed by atoms with van der Waals surface area (Å²) < 4.78 is 16.0. The van der Waals surface area contributed by atoms with E-state index < -0.39 is 5.82 Å². The van der Waals surface area contributed by atoms with Crippen LogP contribution in [0.2, 0.25) is 0 Å². The molecule has 6 heteroatoms. The molecule has 0 spiro atoms. The summed E-state index contributed by atoms with van der Waals surface area (Å²) in [6.45, 7) is 3.77. The minimum Gasteiger partial charge on any atom is -0.356 e. The average molecular weight is 375 g/mol. The number of halogens is 1. The Labute approximate surface area is 163 Å². The summed E-state index contributed by atoms with van der Waals surface area (Å²) in [7, 11) is 0. The first kappa shape index (κ1) is 18.2. The van der Waals surface area contributed by atoms with Crippen molar-refractivity contribution in [2.45, 2.75) is 25.8 Å². The van der Waals surface area contributed by atoms with Crippen molar-refractivity contribution in [3.63, 3.8) is 0 Å². The SMILES string of the molecule is Cc1ccc(-n2nc(-c3ccc(C#N)c(F)c3)cc2N2CCC(N)CC2)cc1. The molecule has 0 aliphatic carbocycles. The molecular formula is C22H22FN5. The van der Waals surface area contributed by atoms with Crippen LogP contribution in [0.3, 0.4) is 0 Å². The van der Waals surface area contributed by atoms with E-state index in [0.29, 0.717) is 11.3 Å². The monoisotopic (exact) mass is 375 g/mol. The molecular weight excluding hydrogens is 353 g/mol. The van der Waals surface area contributed by atoms with Gasteiger partial charge >= 0.3 is 0 Å². The number of aromatic nitrogens is 2. The normalized spacial score (nSPS) is 14.9. The first-order valence-corrected chi connectivity index (χ1v) is 9.43. The van der Waals surface area contributed by atoms with Crippen LogP contribution in [0.1, 0.15) is 24.0 Å². The van der Waals surface area contributed by atoms with Crippen LogP contribution in [0, 0.1) is 24.1 Å². The van der Waals surface area contributed by atoms with Crippen molar-refractivity contribution in [1.29, 1.82) is 5.26 Å². The maximum Gasteiger partial charge on any atom is 0.141 e. The van der Waals surface area contributed by atoms with Crippen molar-refractivity contribution >= 4 is 5.82 Å². The van der Waals surface area contributed by atoms with Crippen LogP contribution in [0.15, 0.2) is 48.5 Å². The molecule has 0 amide bonds. The lowest BCUT2D eigenvalue weighted by Crippen LogP contribution is -2.40. The molecule has 2 N–H and O–H groups in total. The smallest absolute Gasteiger partial charge is 0.141 e. The summed E-state index contributed by atoms with van der Waals surface area (Å²) in [5.41, 5.74) is 9.55. The molecule has 5 nitrogen and oxygen atoms in total. The topological polar surface area (TPSA) is 70.9 Å². The molecule has 1 aromatic heterocycles. The third kappa shape index (κ3) is 3.49. The third-order valence-electron chi connectivity index (χ3n) is 5.22. The Hall–Kier alpha value is -3.17. The number of aryl methyl sites for hydroxylation is 1. The Balaban J connectivity index is 1.78. The van der Waals surface area contributed by atoms with Gasteiger partial charge in [-0.3, -0.25) is 0 Å². The van der Waals surface area contributed by atoms with E-state index in [1.165, 1.54) is 17.7 Å². The van der Waals surface area contributed by atoms with Crippen molar-refractivity contribution in [2.75, 3.05) is 18.0 Å². The number of hydrogen-bond donors (Lipinski definition) is 1. The molecule has 0 atom stereocenters. The number of nitriles is 1. The second-order valence-electron chi connectivity index (χ2n) is 7.27. The maximum atomic E-state index is 14.1. The number of nitrogens with zero attached hydrogens (tertiary/aromatic N) is 4. The molecule has 2 heterocycles. The fraction of sp³-hybridized carbons (Fsp3) is 0.273. The van der Waals surface area contributed by atoms with Gasteiger partial charge in [-0.15, -0.1) is 0 Å². The summed E-state index contributed by atoms with van der Waals surface area (Å²) in [6, 6.07) is 16.8. The molecule has 1 saturated heterocycles. The largest absolute Gasteiger partial charge is 0.356 e. The summed E-state index contributed by atoms with van der Waals surface area (Å²) >= 11 is 0. The maximum absolute atomic E-state index is 14.1. The zero-order valence-corrected chi connectivity index (χ0v) is 15.8. The molecule has 0 unspecified atom stereocenters. The standard InChI is InChI=1S/C22H22FN5/c1-15-2-6-19(7-3-15)28-22(27-10-8-18(25)9-11-27)13-21(26-28)16-4-5-17(14-24)20(23)12-16/h2-7,12-13,18H,8-11,25H2,1H3. The summed E-state index contributed by atoms with van der Waals surface area (Å²) in [4.78, 5) is 2.28. The van der Waals surface area contributed by atoms with Crippen LogP contribution in [0.25, 0.3) is 16.9 Å². The first-order chi connectivity index (χ1) is 13.5. The van der Waals surface area contributed by atoms with Gasteiger partial charge in [-0.2, -0.15) is 10.4 Å². The Morgan fingerprint density at radius 2 is 1.82 bits per heavy atom. The van der Waals surface area contributed by atoms with E-state index in [-0.39, 0.29) is 11.6 Å². The molecule has 3 aromatic rings. The van der Waals surface area contributed by atoms with Crippen molar-refractivity contribution in [3.05, 3.63) is 65.5 Å². The minimum atomic E-state index is -0.532. The molecule has 142 valence electrons. The lowest BCUT2D eigenvalue weighted by atomic mass is 10.1. The average Bonchev–Trinajstić information content (AvgIpc) is 3.14. The fourth-order valence-electron chi connectivity index (χ4n) is 3.51. The lowest BCUT2D eigenvalue weighted by molar-refractivity contribution is 0.495. The molecule has 2 aromatic carbocycles. The molecule has 0 saturated carbocycles. The number of rotatable bonds is 3. The number of anilines is 1. The predicted octanol–water partition coefficient (Wildman–Crippen LogP) is 3.79.